The van der Waals surface area contributed by atoms with Gasteiger partial charge in [-0.05, 0) is 25.5 Å². The molecule has 2 N–H and O–H groups in total. The number of fused-ring (bicyclic) bond motifs is 1. The first-order chi connectivity index (χ1) is 17.1. The van der Waals surface area contributed by atoms with Gasteiger partial charge in [-0.15, -0.1) is 0 Å². The van der Waals surface area contributed by atoms with E-state index in [1.807, 2.05) is 26.0 Å². The topological polar surface area (TPSA) is 123 Å². The molecule has 3 heterocycles. The van der Waals surface area contributed by atoms with Crippen LogP contribution in [0.4, 0.5) is 19.1 Å². The number of H-pyrrole nitrogens is 1. The maximum Gasteiger partial charge on any atom is 0.490 e. The Balaban J connectivity index is 1.85. The molecule has 1 aliphatic heterocycles. The van der Waals surface area contributed by atoms with Crippen LogP contribution in [0.5, 0.6) is 0 Å². The molecular formula is C22H25F3N6O5. The number of alkyl halides is 3. The summed E-state index contributed by atoms with van der Waals surface area (Å²) < 4.78 is 51.0. The van der Waals surface area contributed by atoms with Crippen molar-refractivity contribution in [1.29, 1.82) is 0 Å². The zero-order valence-electron chi connectivity index (χ0n) is 19.6. The first-order valence-electron chi connectivity index (χ1n) is 11.3. The van der Waals surface area contributed by atoms with Crippen LogP contribution in [0.3, 0.4) is 0 Å². The molecule has 0 spiro atoms. The fourth-order valence-electron chi connectivity index (χ4n) is 4.04. The van der Waals surface area contributed by atoms with Crippen LogP contribution in [0, 0.1) is 6.92 Å². The number of benzene rings is 1. The number of anilines is 1. The van der Waals surface area contributed by atoms with Gasteiger partial charge >= 0.3 is 17.8 Å². The normalized spacial score (nSPS) is 16.5. The van der Waals surface area contributed by atoms with Crippen molar-refractivity contribution in [1.82, 2.24) is 24.4 Å². The molecule has 4 rings (SSSR count). The van der Waals surface area contributed by atoms with Gasteiger partial charge in [0, 0.05) is 19.7 Å². The molecule has 1 fully saturated rings. The first kappa shape index (κ1) is 25.4. The molecule has 0 bridgehead atoms. The fourth-order valence-corrected chi connectivity index (χ4v) is 4.04. The molecule has 11 nitrogen and oxygen atoms in total. The molecule has 2 aromatic heterocycles. The second kappa shape index (κ2) is 10.1. The van der Waals surface area contributed by atoms with Crippen LogP contribution >= 0.6 is 0 Å². The SMILES string of the molecule is CCOCCn1c(=O)[nH]c(=O)c2c1nc(N1CCNC(OC(=O)C(F)(F)F)C1)n2-c1ccccc1C. The highest BCUT2D eigenvalue weighted by molar-refractivity contribution is 5.78. The van der Waals surface area contributed by atoms with E-state index in [2.05, 4.69) is 20.0 Å². The number of esters is 1. The van der Waals surface area contributed by atoms with Crippen LogP contribution in [0.25, 0.3) is 16.9 Å². The van der Waals surface area contributed by atoms with Crippen LogP contribution in [0.1, 0.15) is 12.5 Å². The number of carbonyl (C=O) groups is 1. The average Bonchev–Trinajstić information content (AvgIpc) is 3.22. The second-order valence-electron chi connectivity index (χ2n) is 8.11. The summed E-state index contributed by atoms with van der Waals surface area (Å²) in [6.45, 7) is 4.70. The highest BCUT2D eigenvalue weighted by Gasteiger charge is 2.43. The van der Waals surface area contributed by atoms with E-state index in [1.54, 1.807) is 21.6 Å². The molecule has 194 valence electrons. The van der Waals surface area contributed by atoms with E-state index >= 15 is 0 Å². The molecule has 1 atom stereocenters. The zero-order valence-corrected chi connectivity index (χ0v) is 19.6. The van der Waals surface area contributed by atoms with Crippen molar-refractivity contribution >= 4 is 23.1 Å². The molecule has 0 amide bonds. The first-order valence-corrected chi connectivity index (χ1v) is 11.3. The number of imidazole rings is 1. The lowest BCUT2D eigenvalue weighted by Gasteiger charge is -2.34. The summed E-state index contributed by atoms with van der Waals surface area (Å²) in [6.07, 6.45) is -6.40. The van der Waals surface area contributed by atoms with Crippen LogP contribution in [-0.4, -0.2) is 70.3 Å². The van der Waals surface area contributed by atoms with Crippen molar-refractivity contribution in [2.24, 2.45) is 0 Å². The van der Waals surface area contributed by atoms with E-state index in [-0.39, 0.29) is 49.9 Å². The largest absolute Gasteiger partial charge is 0.490 e. The van der Waals surface area contributed by atoms with Crippen molar-refractivity contribution in [3.63, 3.8) is 0 Å². The lowest BCUT2D eigenvalue weighted by Crippen LogP contribution is -2.54. The maximum absolute atomic E-state index is 13.0. The van der Waals surface area contributed by atoms with E-state index in [9.17, 15) is 27.6 Å². The third-order valence-electron chi connectivity index (χ3n) is 5.70. The van der Waals surface area contributed by atoms with E-state index in [0.29, 0.717) is 12.3 Å². The molecule has 3 aromatic rings. The number of carbonyl (C=O) groups excluding carboxylic acids is 1. The Bertz CT molecular complexity index is 1380. The molecular weight excluding hydrogens is 485 g/mol. The summed E-state index contributed by atoms with van der Waals surface area (Å²) in [7, 11) is 0. The number of piperazine rings is 1. The quantitative estimate of drug-likeness (QED) is 0.357. The van der Waals surface area contributed by atoms with Crippen molar-refractivity contribution in [3.05, 3.63) is 50.7 Å². The Morgan fingerprint density at radius 1 is 1.25 bits per heavy atom. The Morgan fingerprint density at radius 3 is 2.69 bits per heavy atom. The lowest BCUT2D eigenvalue weighted by atomic mass is 10.2. The van der Waals surface area contributed by atoms with Gasteiger partial charge in [0.2, 0.25) is 5.95 Å². The van der Waals surface area contributed by atoms with Gasteiger partial charge in [0.1, 0.15) is 0 Å². The Morgan fingerprint density at radius 2 is 2.00 bits per heavy atom. The molecule has 1 aromatic carbocycles. The fraction of sp³-hybridized carbons (Fsp3) is 0.455. The number of halogens is 3. The Kier molecular flexibility index (Phi) is 7.17. The van der Waals surface area contributed by atoms with Crippen LogP contribution in [0.15, 0.2) is 33.9 Å². The van der Waals surface area contributed by atoms with Crippen LogP contribution in [-0.2, 0) is 20.8 Å². The maximum atomic E-state index is 13.0. The zero-order chi connectivity index (χ0) is 26.0. The van der Waals surface area contributed by atoms with Crippen molar-refractivity contribution in [2.75, 3.05) is 37.7 Å². The number of ether oxygens (including phenoxy) is 2. The minimum atomic E-state index is -5.14. The molecule has 36 heavy (non-hydrogen) atoms. The Hall–Kier alpha value is -3.65. The highest BCUT2D eigenvalue weighted by Crippen LogP contribution is 2.28. The molecule has 14 heteroatoms. The van der Waals surface area contributed by atoms with Crippen molar-refractivity contribution in [3.8, 4) is 5.69 Å². The van der Waals surface area contributed by atoms with Gasteiger partial charge in [0.25, 0.3) is 5.56 Å². The van der Waals surface area contributed by atoms with E-state index < -0.39 is 29.6 Å². The summed E-state index contributed by atoms with van der Waals surface area (Å²) in [4.78, 5) is 45.6. The van der Waals surface area contributed by atoms with Gasteiger partial charge in [-0.2, -0.15) is 18.2 Å². The number of hydrogen-bond donors (Lipinski definition) is 2. The molecule has 0 aliphatic carbocycles. The molecule has 1 saturated heterocycles. The van der Waals surface area contributed by atoms with Gasteiger partial charge < -0.3 is 14.4 Å². The third kappa shape index (κ3) is 4.99. The number of nitrogens with zero attached hydrogens (tertiary/aromatic N) is 4. The van der Waals surface area contributed by atoms with Crippen molar-refractivity contribution in [2.45, 2.75) is 32.8 Å². The average molecular weight is 510 g/mol. The van der Waals surface area contributed by atoms with Crippen molar-refractivity contribution < 1.29 is 27.4 Å². The number of rotatable bonds is 7. The van der Waals surface area contributed by atoms with E-state index in [4.69, 9.17) is 4.74 Å². The van der Waals surface area contributed by atoms with E-state index in [1.165, 1.54) is 4.57 Å². The van der Waals surface area contributed by atoms with Crippen LogP contribution in [0.2, 0.25) is 0 Å². The third-order valence-corrected chi connectivity index (χ3v) is 5.70. The number of aryl methyl sites for hydroxylation is 1. The van der Waals surface area contributed by atoms with Gasteiger partial charge in [-0.25, -0.2) is 9.59 Å². The molecule has 0 radical (unpaired) electrons. The number of nitrogens with one attached hydrogen (secondary N) is 2. The summed E-state index contributed by atoms with van der Waals surface area (Å²) in [5.74, 6) is -2.09. The van der Waals surface area contributed by atoms with Gasteiger partial charge in [0.15, 0.2) is 17.4 Å². The van der Waals surface area contributed by atoms with E-state index in [0.717, 1.165) is 5.56 Å². The Labute approximate surface area is 202 Å². The standard InChI is InChI=1S/C22H25F3N6O5/c1-3-35-11-10-30-17-16(18(32)28-21(30)34)31(14-7-5-4-6-13(14)2)20(27-17)29-9-8-26-15(12-29)36-19(33)22(23,24)25/h4-7,15,26H,3,8-12H2,1-2H3,(H,28,32,34). The number of para-hydroxylation sites is 1. The summed E-state index contributed by atoms with van der Waals surface area (Å²) >= 11 is 0. The van der Waals surface area contributed by atoms with Gasteiger partial charge in [-0.3, -0.25) is 24.2 Å². The summed E-state index contributed by atoms with van der Waals surface area (Å²) in [5, 5.41) is 2.73. The highest BCUT2D eigenvalue weighted by atomic mass is 19.4. The molecule has 1 aliphatic rings. The molecule has 0 saturated carbocycles. The lowest BCUT2D eigenvalue weighted by molar-refractivity contribution is -0.206. The summed E-state index contributed by atoms with van der Waals surface area (Å²) in [6, 6.07) is 7.18. The predicted molar refractivity (Wildman–Crippen MR) is 123 cm³/mol. The number of hydrogen-bond acceptors (Lipinski definition) is 8. The molecule has 1 unspecified atom stereocenters. The minimum absolute atomic E-state index is 0.0952. The van der Waals surface area contributed by atoms with Gasteiger partial charge in [-0.1, -0.05) is 18.2 Å². The van der Waals surface area contributed by atoms with Gasteiger partial charge in [0.05, 0.1) is 25.4 Å². The van der Waals surface area contributed by atoms with Crippen LogP contribution < -0.4 is 21.5 Å². The number of aromatic amines is 1. The second-order valence-corrected chi connectivity index (χ2v) is 8.11. The monoisotopic (exact) mass is 510 g/mol. The summed E-state index contributed by atoms with van der Waals surface area (Å²) in [5.41, 5.74) is 0.254. The number of aromatic nitrogens is 4. The smallest absolute Gasteiger partial charge is 0.438 e. The predicted octanol–water partition coefficient (Wildman–Crippen LogP) is 1.06. The minimum Gasteiger partial charge on any atom is -0.438 e.